The van der Waals surface area contributed by atoms with Gasteiger partial charge in [-0.2, -0.15) is 5.10 Å². The maximum Gasteiger partial charge on any atom is 0.332 e. The first kappa shape index (κ1) is 31.2. The summed E-state index contributed by atoms with van der Waals surface area (Å²) in [5, 5.41) is 4.17. The molecule has 2 fully saturated rings. The minimum atomic E-state index is -0.825. The molecular formula is C31H51N3O5. The lowest BCUT2D eigenvalue weighted by Gasteiger charge is -2.40. The normalized spacial score (nSPS) is 36.4. The standard InChI is InChI=1S/C31H51N3O5/c1-16(2)22-11-9-18(5)13-25(22)38-29(35)27-20(7)15-24(33-34-31(32)37)28(21(27)8)30(36)39-26-14-19(6)10-12-23(26)17(3)4/h15-19,21-23,25-28H,9-14H2,1-8H3,(H3,32,34,37)/b33-24+/t18-,19+,21-,22-,23+,25+,26+,27-,28-/m0/s1. The molecule has 3 N–H and O–H groups in total. The first-order chi connectivity index (χ1) is 18.3. The van der Waals surface area contributed by atoms with E-state index in [1.807, 2.05) is 13.8 Å². The molecule has 0 radical (unpaired) electrons. The van der Waals surface area contributed by atoms with Crippen molar-refractivity contribution in [3.05, 3.63) is 11.6 Å². The van der Waals surface area contributed by atoms with Crippen LogP contribution in [0.5, 0.6) is 0 Å². The summed E-state index contributed by atoms with van der Waals surface area (Å²) in [6, 6.07) is -0.818. The van der Waals surface area contributed by atoms with E-state index in [-0.39, 0.29) is 24.1 Å². The second-order valence-electron chi connectivity index (χ2n) is 13.3. The molecule has 0 aromatic heterocycles. The molecule has 0 spiro atoms. The molecule has 2 amide bonds. The van der Waals surface area contributed by atoms with Crippen molar-refractivity contribution in [1.82, 2.24) is 5.43 Å². The lowest BCUT2D eigenvalue weighted by Crippen LogP contribution is -2.46. The number of urea groups is 1. The summed E-state index contributed by atoms with van der Waals surface area (Å²) in [6.07, 6.45) is 7.40. The number of hydrogen-bond acceptors (Lipinski definition) is 6. The zero-order valence-corrected chi connectivity index (χ0v) is 25.2. The summed E-state index contributed by atoms with van der Waals surface area (Å²) in [5.41, 5.74) is 8.65. The van der Waals surface area contributed by atoms with Gasteiger partial charge in [-0.05, 0) is 80.1 Å². The van der Waals surface area contributed by atoms with Gasteiger partial charge in [0.15, 0.2) is 0 Å². The first-order valence-corrected chi connectivity index (χ1v) is 15.0. The Hall–Kier alpha value is -2.38. The number of hydrazone groups is 1. The third-order valence-electron chi connectivity index (χ3n) is 9.50. The molecule has 0 unspecified atom stereocenters. The zero-order chi connectivity index (χ0) is 29.0. The number of hydrogen-bond donors (Lipinski definition) is 2. The maximum absolute atomic E-state index is 13.8. The van der Waals surface area contributed by atoms with Crippen LogP contribution in [0.3, 0.4) is 0 Å². The van der Waals surface area contributed by atoms with E-state index in [2.05, 4.69) is 52.1 Å². The largest absolute Gasteiger partial charge is 0.462 e. The molecule has 3 rings (SSSR count). The van der Waals surface area contributed by atoms with Crippen LogP contribution in [0.4, 0.5) is 4.79 Å². The minimum Gasteiger partial charge on any atom is -0.462 e. The molecule has 0 aliphatic heterocycles. The Balaban J connectivity index is 1.88. The monoisotopic (exact) mass is 545 g/mol. The number of carbonyl (C=O) groups is 3. The van der Waals surface area contributed by atoms with Gasteiger partial charge >= 0.3 is 18.0 Å². The Morgan fingerprint density at radius 1 is 0.846 bits per heavy atom. The summed E-state index contributed by atoms with van der Waals surface area (Å²) < 4.78 is 12.4. The molecule has 0 aromatic rings. The van der Waals surface area contributed by atoms with E-state index < -0.39 is 29.8 Å². The molecule has 0 bridgehead atoms. The Labute approximate surface area is 234 Å². The van der Waals surface area contributed by atoms with Crippen LogP contribution in [0.15, 0.2) is 16.8 Å². The van der Waals surface area contributed by atoms with Gasteiger partial charge in [-0.1, -0.05) is 66.9 Å². The van der Waals surface area contributed by atoms with Crippen LogP contribution in [-0.2, 0) is 19.1 Å². The molecule has 2 saturated carbocycles. The molecular weight excluding hydrogens is 494 g/mol. The van der Waals surface area contributed by atoms with E-state index in [0.29, 0.717) is 35.3 Å². The van der Waals surface area contributed by atoms with E-state index >= 15 is 0 Å². The van der Waals surface area contributed by atoms with Crippen LogP contribution >= 0.6 is 0 Å². The van der Waals surface area contributed by atoms with E-state index in [4.69, 9.17) is 15.2 Å². The van der Waals surface area contributed by atoms with Gasteiger partial charge < -0.3 is 15.2 Å². The molecule has 0 heterocycles. The fourth-order valence-electron chi connectivity index (χ4n) is 7.19. The Kier molecular flexibility index (Phi) is 10.6. The second kappa shape index (κ2) is 13.3. The predicted octanol–water partition coefficient (Wildman–Crippen LogP) is 5.85. The number of primary amides is 1. The topological polar surface area (TPSA) is 120 Å². The van der Waals surface area contributed by atoms with Crippen LogP contribution in [0.25, 0.3) is 0 Å². The van der Waals surface area contributed by atoms with Crippen LogP contribution in [0, 0.1) is 53.3 Å². The van der Waals surface area contributed by atoms with Crippen molar-refractivity contribution in [3.63, 3.8) is 0 Å². The molecule has 8 heteroatoms. The fraction of sp³-hybridized carbons (Fsp3) is 0.806. The summed E-state index contributed by atoms with van der Waals surface area (Å²) in [4.78, 5) is 39.0. The summed E-state index contributed by atoms with van der Waals surface area (Å²) in [7, 11) is 0. The molecule has 0 saturated heterocycles. The molecule has 220 valence electrons. The van der Waals surface area contributed by atoms with Gasteiger partial charge in [0, 0.05) is 0 Å². The highest BCUT2D eigenvalue weighted by molar-refractivity contribution is 6.11. The summed E-state index contributed by atoms with van der Waals surface area (Å²) in [6.45, 7) is 16.8. The van der Waals surface area contributed by atoms with Crippen LogP contribution < -0.4 is 11.2 Å². The van der Waals surface area contributed by atoms with E-state index in [1.165, 1.54) is 0 Å². The number of carbonyl (C=O) groups excluding carboxylic acids is 3. The predicted molar refractivity (Wildman–Crippen MR) is 153 cm³/mol. The van der Waals surface area contributed by atoms with E-state index in [0.717, 1.165) is 44.1 Å². The highest BCUT2D eigenvalue weighted by Crippen LogP contribution is 2.41. The maximum atomic E-state index is 13.8. The average Bonchev–Trinajstić information content (AvgIpc) is 2.82. The number of nitrogens with two attached hydrogens (primary N) is 1. The number of esters is 2. The fourth-order valence-corrected chi connectivity index (χ4v) is 7.19. The van der Waals surface area contributed by atoms with Gasteiger partial charge in [-0.25, -0.2) is 10.2 Å². The number of nitrogens with one attached hydrogen (secondary N) is 1. The van der Waals surface area contributed by atoms with Crippen molar-refractivity contribution in [1.29, 1.82) is 0 Å². The number of nitrogens with zero attached hydrogens (tertiary/aromatic N) is 1. The van der Waals surface area contributed by atoms with Gasteiger partial charge in [-0.3, -0.25) is 9.59 Å². The molecule has 39 heavy (non-hydrogen) atoms. The summed E-state index contributed by atoms with van der Waals surface area (Å²) >= 11 is 0. The quantitative estimate of drug-likeness (QED) is 0.307. The van der Waals surface area contributed by atoms with Crippen molar-refractivity contribution in [2.24, 2.45) is 64.1 Å². The van der Waals surface area contributed by atoms with Crippen molar-refractivity contribution in [2.75, 3.05) is 0 Å². The van der Waals surface area contributed by atoms with Crippen molar-refractivity contribution >= 4 is 23.7 Å². The van der Waals surface area contributed by atoms with Crippen molar-refractivity contribution < 1.29 is 23.9 Å². The Morgan fingerprint density at radius 2 is 1.31 bits per heavy atom. The highest BCUT2D eigenvalue weighted by atomic mass is 16.5. The summed E-state index contributed by atoms with van der Waals surface area (Å²) in [5.74, 6) is -0.198. The smallest absolute Gasteiger partial charge is 0.332 e. The average molecular weight is 546 g/mol. The number of amides is 2. The lowest BCUT2D eigenvalue weighted by molar-refractivity contribution is -0.165. The van der Waals surface area contributed by atoms with Crippen LogP contribution in [-0.4, -0.2) is 35.9 Å². The first-order valence-electron chi connectivity index (χ1n) is 15.0. The van der Waals surface area contributed by atoms with Crippen molar-refractivity contribution in [3.8, 4) is 0 Å². The zero-order valence-electron chi connectivity index (χ0n) is 25.2. The molecule has 3 aliphatic carbocycles. The SMILES string of the molecule is CC1=C/C(=N\NC(N)=O)[C@@H](C(=O)O[C@@H]2C[C@H](C)CC[C@@H]2C(C)C)[C@@H](C)[C@H]1C(=O)O[C@@H]1C[C@@H](C)CC[C@H]1C(C)C. The lowest BCUT2D eigenvalue weighted by atomic mass is 9.71. The van der Waals surface area contributed by atoms with Crippen molar-refractivity contribution in [2.45, 2.75) is 106 Å². The Morgan fingerprint density at radius 3 is 1.74 bits per heavy atom. The van der Waals surface area contributed by atoms with Gasteiger partial charge in [0.05, 0.1) is 11.6 Å². The number of allylic oxidation sites excluding steroid dienone is 1. The van der Waals surface area contributed by atoms with E-state index in [1.54, 1.807) is 6.08 Å². The third-order valence-corrected chi connectivity index (χ3v) is 9.50. The van der Waals surface area contributed by atoms with E-state index in [9.17, 15) is 14.4 Å². The van der Waals surface area contributed by atoms with Gasteiger partial charge in [0.1, 0.15) is 18.1 Å². The Bertz CT molecular complexity index is 958. The molecule has 0 aromatic carbocycles. The highest BCUT2D eigenvalue weighted by Gasteiger charge is 2.46. The molecule has 3 aliphatic rings. The van der Waals surface area contributed by atoms with Gasteiger partial charge in [-0.15, -0.1) is 0 Å². The van der Waals surface area contributed by atoms with Gasteiger partial charge in [0.2, 0.25) is 0 Å². The van der Waals surface area contributed by atoms with Crippen LogP contribution in [0.1, 0.15) is 93.9 Å². The second-order valence-corrected chi connectivity index (χ2v) is 13.3. The van der Waals surface area contributed by atoms with Crippen LogP contribution in [0.2, 0.25) is 0 Å². The number of ether oxygens (including phenoxy) is 2. The number of rotatable bonds is 7. The minimum absolute atomic E-state index is 0.131. The third kappa shape index (κ3) is 7.63. The molecule has 9 atom stereocenters. The molecule has 8 nitrogen and oxygen atoms in total. The van der Waals surface area contributed by atoms with Gasteiger partial charge in [0.25, 0.3) is 0 Å².